The molecule has 0 aromatic carbocycles. The van der Waals surface area contributed by atoms with E-state index in [1.807, 2.05) is 6.92 Å². The number of amides is 1. The minimum atomic E-state index is 0.129. The number of aliphatic imine (C=N–C) groups is 1. The zero-order valence-corrected chi connectivity index (χ0v) is 10.5. The van der Waals surface area contributed by atoms with Crippen molar-refractivity contribution in [2.75, 3.05) is 26.8 Å². The van der Waals surface area contributed by atoms with Crippen LogP contribution in [0.25, 0.3) is 0 Å². The Hall–Kier alpha value is -1.30. The molecule has 4 N–H and O–H groups in total. The Morgan fingerprint density at radius 3 is 2.88 bits per heavy atom. The number of hydrogen-bond acceptors (Lipinski definition) is 3. The lowest BCUT2D eigenvalue weighted by molar-refractivity contribution is -0.122. The molecular weight excluding hydrogens is 220 g/mol. The van der Waals surface area contributed by atoms with Crippen LogP contribution in [-0.2, 0) is 9.53 Å². The molecule has 1 amide bonds. The van der Waals surface area contributed by atoms with Gasteiger partial charge in [-0.25, -0.2) is 0 Å². The van der Waals surface area contributed by atoms with Crippen LogP contribution in [-0.4, -0.2) is 44.7 Å². The van der Waals surface area contributed by atoms with Crippen LogP contribution in [0, 0.1) is 5.92 Å². The highest BCUT2D eigenvalue weighted by atomic mass is 16.5. The summed E-state index contributed by atoms with van der Waals surface area (Å²) in [6.45, 7) is 3.57. The minimum absolute atomic E-state index is 0.129. The smallest absolute Gasteiger partial charge is 0.223 e. The van der Waals surface area contributed by atoms with E-state index in [9.17, 15) is 4.79 Å². The van der Waals surface area contributed by atoms with E-state index >= 15 is 0 Å². The molecule has 0 radical (unpaired) electrons. The van der Waals surface area contributed by atoms with Crippen LogP contribution in [0.4, 0.5) is 0 Å². The third-order valence-electron chi connectivity index (χ3n) is 2.45. The van der Waals surface area contributed by atoms with Gasteiger partial charge in [0.1, 0.15) is 0 Å². The van der Waals surface area contributed by atoms with Gasteiger partial charge in [0.2, 0.25) is 5.91 Å². The third kappa shape index (κ3) is 6.11. The van der Waals surface area contributed by atoms with Crippen molar-refractivity contribution in [2.24, 2.45) is 16.6 Å². The monoisotopic (exact) mass is 242 g/mol. The number of methoxy groups -OCH3 is 1. The van der Waals surface area contributed by atoms with E-state index in [0.717, 1.165) is 12.8 Å². The molecular formula is C11H22N4O2. The molecule has 1 unspecified atom stereocenters. The van der Waals surface area contributed by atoms with E-state index in [0.29, 0.717) is 25.7 Å². The molecule has 1 fully saturated rings. The molecule has 1 aliphatic rings. The van der Waals surface area contributed by atoms with E-state index < -0.39 is 0 Å². The number of carbonyl (C=O) groups is 1. The van der Waals surface area contributed by atoms with Gasteiger partial charge in [-0.05, 0) is 19.8 Å². The Labute approximate surface area is 102 Å². The molecule has 17 heavy (non-hydrogen) atoms. The quantitative estimate of drug-likeness (QED) is 0.317. The first-order valence-electron chi connectivity index (χ1n) is 5.96. The van der Waals surface area contributed by atoms with Gasteiger partial charge >= 0.3 is 0 Å². The van der Waals surface area contributed by atoms with Crippen molar-refractivity contribution < 1.29 is 9.53 Å². The van der Waals surface area contributed by atoms with Crippen molar-refractivity contribution in [1.29, 1.82) is 0 Å². The Morgan fingerprint density at radius 2 is 2.29 bits per heavy atom. The van der Waals surface area contributed by atoms with Gasteiger partial charge in [0.25, 0.3) is 0 Å². The first-order valence-corrected chi connectivity index (χ1v) is 5.96. The Morgan fingerprint density at radius 1 is 1.59 bits per heavy atom. The molecule has 1 atom stereocenters. The fourth-order valence-electron chi connectivity index (χ4n) is 1.44. The van der Waals surface area contributed by atoms with Gasteiger partial charge < -0.3 is 21.1 Å². The summed E-state index contributed by atoms with van der Waals surface area (Å²) in [5, 5.41) is 5.82. The number of nitrogens with zero attached hydrogens (tertiary/aromatic N) is 1. The van der Waals surface area contributed by atoms with Gasteiger partial charge in [-0.1, -0.05) is 0 Å². The van der Waals surface area contributed by atoms with Crippen LogP contribution in [0.3, 0.4) is 0 Å². The van der Waals surface area contributed by atoms with Gasteiger partial charge in [-0.15, -0.1) is 0 Å². The van der Waals surface area contributed by atoms with Crippen LogP contribution in [0.5, 0.6) is 0 Å². The fourth-order valence-corrected chi connectivity index (χ4v) is 1.44. The highest BCUT2D eigenvalue weighted by Crippen LogP contribution is 2.28. The number of carbonyl (C=O) groups excluding carboxylic acids is 1. The van der Waals surface area contributed by atoms with Crippen LogP contribution < -0.4 is 16.4 Å². The van der Waals surface area contributed by atoms with Crippen LogP contribution in [0.15, 0.2) is 4.99 Å². The normalized spacial score (nSPS) is 17.6. The number of guanidine groups is 1. The molecule has 0 spiro atoms. The number of nitrogens with two attached hydrogens (primary N) is 1. The molecule has 0 bridgehead atoms. The Balaban J connectivity index is 2.07. The Kier molecular flexibility index (Phi) is 5.76. The molecule has 0 aromatic heterocycles. The molecule has 6 nitrogen and oxygen atoms in total. The maximum Gasteiger partial charge on any atom is 0.223 e. The molecule has 1 rings (SSSR count). The Bertz CT molecular complexity index is 277. The first kappa shape index (κ1) is 13.8. The minimum Gasteiger partial charge on any atom is -0.383 e. The van der Waals surface area contributed by atoms with Gasteiger partial charge in [-0.2, -0.15) is 0 Å². The summed E-state index contributed by atoms with van der Waals surface area (Å²) in [6, 6.07) is 0.129. The van der Waals surface area contributed by atoms with Crippen molar-refractivity contribution in [2.45, 2.75) is 25.8 Å². The summed E-state index contributed by atoms with van der Waals surface area (Å²) in [7, 11) is 1.64. The fraction of sp³-hybridized carbons (Fsp3) is 0.818. The highest BCUT2D eigenvalue weighted by Gasteiger charge is 2.28. The number of hydrogen-bond donors (Lipinski definition) is 3. The second-order valence-electron chi connectivity index (χ2n) is 4.33. The number of nitrogens with one attached hydrogen (secondary N) is 2. The molecule has 1 aliphatic carbocycles. The maximum atomic E-state index is 11.3. The molecule has 1 saturated carbocycles. The summed E-state index contributed by atoms with van der Waals surface area (Å²) < 4.78 is 4.96. The number of rotatable bonds is 7. The highest BCUT2D eigenvalue weighted by molar-refractivity contribution is 5.81. The predicted molar refractivity (Wildman–Crippen MR) is 66.7 cm³/mol. The van der Waals surface area contributed by atoms with Gasteiger partial charge in [0.15, 0.2) is 5.96 Å². The number of ether oxygens (including phenoxy) is 1. The van der Waals surface area contributed by atoms with Gasteiger partial charge in [0, 0.05) is 25.6 Å². The summed E-state index contributed by atoms with van der Waals surface area (Å²) in [6.07, 6.45) is 2.04. The lowest BCUT2D eigenvalue weighted by Gasteiger charge is -2.13. The third-order valence-corrected chi connectivity index (χ3v) is 2.45. The molecule has 0 aliphatic heterocycles. The zero-order valence-electron chi connectivity index (χ0n) is 10.5. The van der Waals surface area contributed by atoms with Crippen molar-refractivity contribution in [1.82, 2.24) is 10.6 Å². The van der Waals surface area contributed by atoms with Crippen LogP contribution in [0.2, 0.25) is 0 Å². The van der Waals surface area contributed by atoms with Crippen molar-refractivity contribution in [3.05, 3.63) is 0 Å². The van der Waals surface area contributed by atoms with E-state index in [1.54, 1.807) is 7.11 Å². The molecule has 0 heterocycles. The van der Waals surface area contributed by atoms with Gasteiger partial charge in [0.05, 0.1) is 13.2 Å². The lowest BCUT2D eigenvalue weighted by Crippen LogP contribution is -2.41. The average molecular weight is 242 g/mol. The standard InChI is InChI=1S/C11H22N4O2/c1-8(7-17-2)15-11(12)14-6-5-13-10(16)9-3-4-9/h8-9H,3-7H2,1-2H3,(H,13,16)(H3,12,14,15). The largest absolute Gasteiger partial charge is 0.383 e. The van der Waals surface area contributed by atoms with Crippen LogP contribution in [0.1, 0.15) is 19.8 Å². The predicted octanol–water partition coefficient (Wildman–Crippen LogP) is -0.548. The van der Waals surface area contributed by atoms with E-state index in [-0.39, 0.29) is 17.9 Å². The topological polar surface area (TPSA) is 88.7 Å². The second-order valence-corrected chi connectivity index (χ2v) is 4.33. The zero-order chi connectivity index (χ0) is 12.7. The van der Waals surface area contributed by atoms with E-state index in [2.05, 4.69) is 15.6 Å². The molecule has 0 saturated heterocycles. The summed E-state index contributed by atoms with van der Waals surface area (Å²) >= 11 is 0. The van der Waals surface area contributed by atoms with Crippen molar-refractivity contribution >= 4 is 11.9 Å². The van der Waals surface area contributed by atoms with E-state index in [4.69, 9.17) is 10.5 Å². The molecule has 6 heteroatoms. The molecule has 0 aromatic rings. The SMILES string of the molecule is COCC(C)NC(N)=NCCNC(=O)C1CC1. The van der Waals surface area contributed by atoms with Crippen LogP contribution >= 0.6 is 0 Å². The summed E-state index contributed by atoms with van der Waals surface area (Å²) in [4.78, 5) is 15.4. The lowest BCUT2D eigenvalue weighted by atomic mass is 10.4. The summed E-state index contributed by atoms with van der Waals surface area (Å²) in [5.74, 6) is 0.769. The van der Waals surface area contributed by atoms with Crippen molar-refractivity contribution in [3.8, 4) is 0 Å². The molecule has 98 valence electrons. The first-order chi connectivity index (χ1) is 8.13. The second kappa shape index (κ2) is 7.11. The summed E-state index contributed by atoms with van der Waals surface area (Å²) in [5.41, 5.74) is 5.66. The van der Waals surface area contributed by atoms with Gasteiger partial charge in [-0.3, -0.25) is 9.79 Å². The maximum absolute atomic E-state index is 11.3. The average Bonchev–Trinajstić information content (AvgIpc) is 3.08. The van der Waals surface area contributed by atoms with Crippen molar-refractivity contribution in [3.63, 3.8) is 0 Å². The van der Waals surface area contributed by atoms with E-state index in [1.165, 1.54) is 0 Å².